The Morgan fingerprint density at radius 1 is 1.46 bits per heavy atom. The Bertz CT molecular complexity index is 728. The lowest BCUT2D eigenvalue weighted by molar-refractivity contribution is -0.121. The number of rotatable bonds is 5. The molecule has 1 amide bonds. The van der Waals surface area contributed by atoms with E-state index in [-0.39, 0.29) is 11.9 Å². The molecule has 0 saturated carbocycles. The maximum absolute atomic E-state index is 12.6. The van der Waals surface area contributed by atoms with Crippen LogP contribution in [0.3, 0.4) is 0 Å². The summed E-state index contributed by atoms with van der Waals surface area (Å²) in [6.07, 6.45) is 4.34. The van der Waals surface area contributed by atoms with Crippen molar-refractivity contribution in [1.82, 2.24) is 20.0 Å². The van der Waals surface area contributed by atoms with Crippen LogP contribution >= 0.6 is 0 Å². The number of hydrogen-bond donors (Lipinski definition) is 1. The van der Waals surface area contributed by atoms with Crippen LogP contribution in [0.2, 0.25) is 0 Å². The third kappa shape index (κ3) is 3.46. The Morgan fingerprint density at radius 2 is 2.29 bits per heavy atom. The van der Waals surface area contributed by atoms with Gasteiger partial charge >= 0.3 is 0 Å². The number of hydrogen-bond acceptors (Lipinski definition) is 6. The van der Waals surface area contributed by atoms with E-state index in [9.17, 15) is 4.79 Å². The van der Waals surface area contributed by atoms with Gasteiger partial charge in [-0.25, -0.2) is 9.97 Å². The average Bonchev–Trinajstić information content (AvgIpc) is 2.99. The van der Waals surface area contributed by atoms with E-state index < -0.39 is 0 Å². The summed E-state index contributed by atoms with van der Waals surface area (Å²) < 4.78 is 5.00. The fourth-order valence-electron chi connectivity index (χ4n) is 3.05. The summed E-state index contributed by atoms with van der Waals surface area (Å²) in [5.74, 6) is 1.93. The molecule has 1 aliphatic rings. The normalized spacial score (nSPS) is 15.8. The smallest absolute Gasteiger partial charge is 0.242 e. The van der Waals surface area contributed by atoms with Crippen LogP contribution < -0.4 is 5.32 Å². The maximum Gasteiger partial charge on any atom is 0.242 e. The third-order valence-electron chi connectivity index (χ3n) is 4.35. The van der Waals surface area contributed by atoms with Crippen LogP contribution in [0.25, 0.3) is 0 Å². The molecule has 7 heteroatoms. The monoisotopic (exact) mass is 329 g/mol. The van der Waals surface area contributed by atoms with E-state index in [1.165, 1.54) is 5.56 Å². The SMILES string of the molecule is CCc1ncc2c(n1)CN(C(CC)C(=O)Nc1cc(C)on1)CC2. The fourth-order valence-corrected chi connectivity index (χ4v) is 3.05. The number of carbonyl (C=O) groups excluding carboxylic acids is 1. The van der Waals surface area contributed by atoms with Crippen LogP contribution in [0.4, 0.5) is 5.82 Å². The van der Waals surface area contributed by atoms with Gasteiger partial charge in [-0.1, -0.05) is 19.0 Å². The van der Waals surface area contributed by atoms with Gasteiger partial charge in [0.15, 0.2) is 5.82 Å². The van der Waals surface area contributed by atoms with Crippen LogP contribution in [-0.2, 0) is 24.2 Å². The number of anilines is 1. The van der Waals surface area contributed by atoms with Crippen molar-refractivity contribution >= 4 is 11.7 Å². The Balaban J connectivity index is 1.72. The summed E-state index contributed by atoms with van der Waals surface area (Å²) in [5.41, 5.74) is 2.22. The minimum absolute atomic E-state index is 0.0565. The van der Waals surface area contributed by atoms with Crippen LogP contribution in [0.1, 0.15) is 43.1 Å². The van der Waals surface area contributed by atoms with Crippen molar-refractivity contribution in [3.05, 3.63) is 35.1 Å². The van der Waals surface area contributed by atoms with Crippen molar-refractivity contribution < 1.29 is 9.32 Å². The predicted molar refractivity (Wildman–Crippen MR) is 89.5 cm³/mol. The summed E-state index contributed by atoms with van der Waals surface area (Å²) in [6, 6.07) is 1.51. The standard InChI is InChI=1S/C17H23N5O2/c1-4-14(17(23)20-16-8-11(3)24-21-16)22-7-6-12-9-18-15(5-2)19-13(12)10-22/h8-9,14H,4-7,10H2,1-3H3,(H,20,21,23). The van der Waals surface area contributed by atoms with E-state index in [0.29, 0.717) is 18.1 Å². The van der Waals surface area contributed by atoms with Gasteiger partial charge in [-0.3, -0.25) is 9.69 Å². The zero-order chi connectivity index (χ0) is 17.1. The average molecular weight is 329 g/mol. The van der Waals surface area contributed by atoms with E-state index in [1.54, 1.807) is 13.0 Å². The summed E-state index contributed by atoms with van der Waals surface area (Å²) >= 11 is 0. The Hall–Kier alpha value is -2.28. The molecular weight excluding hydrogens is 306 g/mol. The molecule has 0 bridgehead atoms. The van der Waals surface area contributed by atoms with Crippen molar-refractivity contribution in [2.24, 2.45) is 0 Å². The highest BCUT2D eigenvalue weighted by Gasteiger charge is 2.29. The minimum Gasteiger partial charge on any atom is -0.360 e. The summed E-state index contributed by atoms with van der Waals surface area (Å²) in [7, 11) is 0. The summed E-state index contributed by atoms with van der Waals surface area (Å²) in [6.45, 7) is 7.36. The van der Waals surface area contributed by atoms with Crippen LogP contribution in [0.15, 0.2) is 16.8 Å². The fraction of sp³-hybridized carbons (Fsp3) is 0.529. The highest BCUT2D eigenvalue weighted by Crippen LogP contribution is 2.21. The van der Waals surface area contributed by atoms with Gasteiger partial charge in [-0.15, -0.1) is 0 Å². The summed E-state index contributed by atoms with van der Waals surface area (Å²) in [5, 5.41) is 6.67. The molecule has 1 atom stereocenters. The van der Waals surface area contributed by atoms with Gasteiger partial charge < -0.3 is 9.84 Å². The maximum atomic E-state index is 12.6. The van der Waals surface area contributed by atoms with Gasteiger partial charge in [-0.2, -0.15) is 0 Å². The Kier molecular flexibility index (Phi) is 4.89. The highest BCUT2D eigenvalue weighted by molar-refractivity contribution is 5.94. The highest BCUT2D eigenvalue weighted by atomic mass is 16.5. The molecule has 7 nitrogen and oxygen atoms in total. The zero-order valence-corrected chi connectivity index (χ0v) is 14.4. The molecule has 0 saturated heterocycles. The molecule has 1 N–H and O–H groups in total. The van der Waals surface area contributed by atoms with Crippen molar-refractivity contribution in [3.63, 3.8) is 0 Å². The van der Waals surface area contributed by atoms with Gasteiger partial charge in [0.25, 0.3) is 0 Å². The second-order valence-electron chi connectivity index (χ2n) is 6.07. The minimum atomic E-state index is -0.213. The van der Waals surface area contributed by atoms with Crippen molar-refractivity contribution in [3.8, 4) is 0 Å². The van der Waals surface area contributed by atoms with E-state index >= 15 is 0 Å². The van der Waals surface area contributed by atoms with Gasteiger partial charge in [0.05, 0.1) is 11.7 Å². The lowest BCUT2D eigenvalue weighted by Crippen LogP contribution is -2.46. The molecular formula is C17H23N5O2. The lowest BCUT2D eigenvalue weighted by Gasteiger charge is -2.33. The summed E-state index contributed by atoms with van der Waals surface area (Å²) in [4.78, 5) is 23.8. The molecule has 128 valence electrons. The molecule has 24 heavy (non-hydrogen) atoms. The molecule has 0 fully saturated rings. The molecule has 3 heterocycles. The second kappa shape index (κ2) is 7.09. The molecule has 3 rings (SSSR count). The number of carbonyl (C=O) groups is 1. The molecule has 0 radical (unpaired) electrons. The van der Waals surface area contributed by atoms with Crippen molar-refractivity contribution in [2.75, 3.05) is 11.9 Å². The van der Waals surface area contributed by atoms with E-state index in [0.717, 1.165) is 37.3 Å². The van der Waals surface area contributed by atoms with Gasteiger partial charge in [0.2, 0.25) is 5.91 Å². The number of nitrogens with one attached hydrogen (secondary N) is 1. The van der Waals surface area contributed by atoms with Crippen molar-refractivity contribution in [1.29, 1.82) is 0 Å². The van der Waals surface area contributed by atoms with E-state index in [1.807, 2.05) is 20.0 Å². The van der Waals surface area contributed by atoms with E-state index in [4.69, 9.17) is 4.52 Å². The van der Waals surface area contributed by atoms with Crippen LogP contribution in [-0.4, -0.2) is 38.5 Å². The number of amides is 1. The van der Waals surface area contributed by atoms with Gasteiger partial charge in [0, 0.05) is 31.8 Å². The molecule has 1 aliphatic heterocycles. The first kappa shape index (κ1) is 16.6. The van der Waals surface area contributed by atoms with Crippen molar-refractivity contribution in [2.45, 2.75) is 52.6 Å². The molecule has 1 unspecified atom stereocenters. The number of nitrogens with zero attached hydrogens (tertiary/aromatic N) is 4. The first-order chi connectivity index (χ1) is 11.6. The number of aryl methyl sites for hydroxylation is 2. The van der Waals surface area contributed by atoms with Gasteiger partial charge in [-0.05, 0) is 25.3 Å². The molecule has 0 aliphatic carbocycles. The molecule has 2 aromatic rings. The first-order valence-electron chi connectivity index (χ1n) is 8.42. The molecule has 2 aromatic heterocycles. The Morgan fingerprint density at radius 3 is 2.96 bits per heavy atom. The third-order valence-corrected chi connectivity index (χ3v) is 4.35. The van der Waals surface area contributed by atoms with Crippen LogP contribution in [0.5, 0.6) is 0 Å². The topological polar surface area (TPSA) is 84.2 Å². The van der Waals surface area contributed by atoms with Crippen LogP contribution in [0, 0.1) is 6.92 Å². The number of aromatic nitrogens is 3. The quantitative estimate of drug-likeness (QED) is 0.904. The Labute approximate surface area is 141 Å². The lowest BCUT2D eigenvalue weighted by atomic mass is 10.0. The van der Waals surface area contributed by atoms with E-state index in [2.05, 4.69) is 25.3 Å². The second-order valence-corrected chi connectivity index (χ2v) is 6.07. The molecule has 0 spiro atoms. The molecule has 0 aromatic carbocycles. The zero-order valence-electron chi connectivity index (χ0n) is 14.4. The van der Waals surface area contributed by atoms with Gasteiger partial charge in [0.1, 0.15) is 11.6 Å². The largest absolute Gasteiger partial charge is 0.360 e. The predicted octanol–water partition coefficient (Wildman–Crippen LogP) is 2.11. The number of fused-ring (bicyclic) bond motifs is 1. The first-order valence-corrected chi connectivity index (χ1v) is 8.42.